The average molecular weight is 423 g/mol. The van der Waals surface area contributed by atoms with Crippen LogP contribution in [-0.2, 0) is 6.54 Å². The summed E-state index contributed by atoms with van der Waals surface area (Å²) in [4.78, 5) is 39.9. The number of aromatic nitrogens is 3. The van der Waals surface area contributed by atoms with Crippen LogP contribution in [0.5, 0.6) is 5.75 Å². The summed E-state index contributed by atoms with van der Waals surface area (Å²) in [5.74, 6) is -2.12. The maximum atomic E-state index is 13.0. The zero-order chi connectivity index (χ0) is 22.4. The average Bonchev–Trinajstić information content (AvgIpc) is 2.78. The number of H-pyrrole nitrogens is 1. The number of rotatable bonds is 7. The number of hydrogen-bond acceptors (Lipinski definition) is 6. The SMILES string of the molecule is CC(C=NC(C)c1ccccn1)c1nc(C(=O)NCc2ccc(F)cc2)c(O)c(=O)[nH]1. The summed E-state index contributed by atoms with van der Waals surface area (Å²) < 4.78 is 13.0. The Balaban J connectivity index is 1.74. The fourth-order valence-corrected chi connectivity index (χ4v) is 2.75. The van der Waals surface area contributed by atoms with Gasteiger partial charge in [0, 0.05) is 24.9 Å². The molecule has 0 saturated heterocycles. The Hall–Kier alpha value is -3.88. The molecule has 2 aromatic heterocycles. The fraction of sp³-hybridized carbons (Fsp3) is 0.227. The molecular formula is C22H22FN5O3. The molecule has 8 nitrogen and oxygen atoms in total. The number of nitrogens with zero attached hydrogens (tertiary/aromatic N) is 3. The molecule has 9 heteroatoms. The number of carbonyl (C=O) groups is 1. The maximum Gasteiger partial charge on any atom is 0.293 e. The molecule has 2 heterocycles. The number of aromatic hydroxyl groups is 1. The quantitative estimate of drug-likeness (QED) is 0.505. The van der Waals surface area contributed by atoms with E-state index in [0.717, 1.165) is 5.69 Å². The van der Waals surface area contributed by atoms with E-state index in [9.17, 15) is 19.1 Å². The first-order valence-corrected chi connectivity index (χ1v) is 9.65. The molecule has 0 aliphatic heterocycles. The third-order valence-electron chi connectivity index (χ3n) is 4.58. The number of carbonyl (C=O) groups excluding carboxylic acids is 1. The summed E-state index contributed by atoms with van der Waals surface area (Å²) in [6.45, 7) is 3.72. The van der Waals surface area contributed by atoms with Gasteiger partial charge in [0.2, 0.25) is 5.75 Å². The van der Waals surface area contributed by atoms with Crippen molar-refractivity contribution in [1.29, 1.82) is 0 Å². The Morgan fingerprint density at radius 1 is 1.26 bits per heavy atom. The highest BCUT2D eigenvalue weighted by Gasteiger charge is 2.19. The van der Waals surface area contributed by atoms with Crippen LogP contribution in [0.15, 0.2) is 58.4 Å². The van der Waals surface area contributed by atoms with Gasteiger partial charge in [0.25, 0.3) is 11.5 Å². The Morgan fingerprint density at radius 3 is 2.68 bits per heavy atom. The van der Waals surface area contributed by atoms with Crippen molar-refractivity contribution in [2.75, 3.05) is 0 Å². The van der Waals surface area contributed by atoms with Crippen LogP contribution in [0.1, 0.15) is 53.4 Å². The maximum absolute atomic E-state index is 13.0. The normalized spacial score (nSPS) is 13.1. The van der Waals surface area contributed by atoms with Gasteiger partial charge in [0.15, 0.2) is 5.69 Å². The van der Waals surface area contributed by atoms with Crippen molar-refractivity contribution in [2.24, 2.45) is 4.99 Å². The molecule has 0 radical (unpaired) electrons. The Morgan fingerprint density at radius 2 is 2.00 bits per heavy atom. The van der Waals surface area contributed by atoms with Crippen LogP contribution in [0.2, 0.25) is 0 Å². The molecule has 0 saturated carbocycles. The predicted octanol–water partition coefficient (Wildman–Crippen LogP) is 2.88. The van der Waals surface area contributed by atoms with Gasteiger partial charge in [-0.25, -0.2) is 9.37 Å². The van der Waals surface area contributed by atoms with Gasteiger partial charge >= 0.3 is 0 Å². The van der Waals surface area contributed by atoms with E-state index in [2.05, 4.69) is 25.3 Å². The van der Waals surface area contributed by atoms with Crippen molar-refractivity contribution in [1.82, 2.24) is 20.3 Å². The van der Waals surface area contributed by atoms with Gasteiger partial charge < -0.3 is 15.4 Å². The van der Waals surface area contributed by atoms with Crippen molar-refractivity contribution < 1.29 is 14.3 Å². The lowest BCUT2D eigenvalue weighted by Crippen LogP contribution is -2.27. The van der Waals surface area contributed by atoms with E-state index in [-0.39, 0.29) is 29.9 Å². The Labute approximate surface area is 177 Å². The topological polar surface area (TPSA) is 120 Å². The summed E-state index contributed by atoms with van der Waals surface area (Å²) in [5.41, 5.74) is 0.233. The van der Waals surface area contributed by atoms with Gasteiger partial charge in [-0.2, -0.15) is 0 Å². The van der Waals surface area contributed by atoms with Crippen LogP contribution in [0, 0.1) is 5.82 Å². The number of aliphatic imine (C=N–C) groups is 1. The van der Waals surface area contributed by atoms with Crippen LogP contribution in [-0.4, -0.2) is 32.2 Å². The zero-order valence-electron chi connectivity index (χ0n) is 17.0. The molecule has 3 rings (SSSR count). The molecule has 1 aromatic carbocycles. The van der Waals surface area contributed by atoms with E-state index in [1.54, 1.807) is 19.3 Å². The van der Waals surface area contributed by atoms with Gasteiger partial charge in [-0.1, -0.05) is 25.1 Å². The first-order valence-electron chi connectivity index (χ1n) is 9.65. The van der Waals surface area contributed by atoms with Crippen LogP contribution in [0.25, 0.3) is 0 Å². The third kappa shape index (κ3) is 5.59. The van der Waals surface area contributed by atoms with Gasteiger partial charge in [-0.3, -0.25) is 19.6 Å². The molecule has 160 valence electrons. The molecule has 3 N–H and O–H groups in total. The Bertz CT molecular complexity index is 1130. The van der Waals surface area contributed by atoms with Crippen LogP contribution in [0.4, 0.5) is 4.39 Å². The summed E-state index contributed by atoms with van der Waals surface area (Å²) >= 11 is 0. The fourth-order valence-electron chi connectivity index (χ4n) is 2.75. The van der Waals surface area contributed by atoms with Crippen molar-refractivity contribution in [2.45, 2.75) is 32.4 Å². The molecule has 31 heavy (non-hydrogen) atoms. The highest BCUT2D eigenvalue weighted by Crippen LogP contribution is 2.16. The van der Waals surface area contributed by atoms with Crippen LogP contribution < -0.4 is 10.9 Å². The van der Waals surface area contributed by atoms with Gasteiger partial charge in [0.05, 0.1) is 11.7 Å². The van der Waals surface area contributed by atoms with Gasteiger partial charge in [-0.15, -0.1) is 0 Å². The van der Waals surface area contributed by atoms with Crippen molar-refractivity contribution in [3.05, 3.63) is 87.6 Å². The van der Waals surface area contributed by atoms with Crippen molar-refractivity contribution >= 4 is 12.1 Å². The number of pyridine rings is 1. The molecule has 3 aromatic rings. The lowest BCUT2D eigenvalue weighted by molar-refractivity contribution is 0.0942. The molecular weight excluding hydrogens is 401 g/mol. The number of amides is 1. The minimum absolute atomic E-state index is 0.0843. The summed E-state index contributed by atoms with van der Waals surface area (Å²) in [5, 5.41) is 12.6. The number of halogens is 1. The molecule has 2 atom stereocenters. The van der Waals surface area contributed by atoms with Gasteiger partial charge in [-0.05, 0) is 36.8 Å². The molecule has 0 aliphatic rings. The Kier molecular flexibility index (Phi) is 6.86. The van der Waals surface area contributed by atoms with Gasteiger partial charge in [0.1, 0.15) is 11.6 Å². The largest absolute Gasteiger partial charge is 0.501 e. The van der Waals surface area contributed by atoms with E-state index >= 15 is 0 Å². The standard InChI is InChI=1S/C22H22FN5O3/c1-13(11-25-14(2)17-5-3-4-10-24-17)20-27-18(19(29)22(31)28-20)21(30)26-12-15-6-8-16(23)9-7-15/h3-11,13-14,29H,12H2,1-2H3,(H,26,30)(H,27,28,31). The summed E-state index contributed by atoms with van der Waals surface area (Å²) in [6.07, 6.45) is 3.29. The highest BCUT2D eigenvalue weighted by molar-refractivity contribution is 5.94. The van der Waals surface area contributed by atoms with E-state index in [4.69, 9.17) is 0 Å². The van der Waals surface area contributed by atoms with E-state index in [1.165, 1.54) is 24.3 Å². The smallest absolute Gasteiger partial charge is 0.293 e. The zero-order valence-corrected chi connectivity index (χ0v) is 17.0. The molecule has 0 spiro atoms. The molecule has 0 aliphatic carbocycles. The van der Waals surface area contributed by atoms with Crippen LogP contribution in [0.3, 0.4) is 0 Å². The highest BCUT2D eigenvalue weighted by atomic mass is 19.1. The number of aromatic amines is 1. The molecule has 2 unspecified atom stereocenters. The van der Waals surface area contributed by atoms with Crippen molar-refractivity contribution in [3.63, 3.8) is 0 Å². The number of benzene rings is 1. The number of nitrogens with one attached hydrogen (secondary N) is 2. The lowest BCUT2D eigenvalue weighted by atomic mass is 10.1. The predicted molar refractivity (Wildman–Crippen MR) is 114 cm³/mol. The first kappa shape index (κ1) is 21.8. The number of hydrogen-bond donors (Lipinski definition) is 3. The van der Waals surface area contributed by atoms with E-state index < -0.39 is 23.1 Å². The minimum atomic E-state index is -0.824. The van der Waals surface area contributed by atoms with Crippen molar-refractivity contribution in [3.8, 4) is 5.75 Å². The van der Waals surface area contributed by atoms with Crippen LogP contribution >= 0.6 is 0 Å². The molecule has 0 bridgehead atoms. The molecule has 1 amide bonds. The van der Waals surface area contributed by atoms with E-state index in [0.29, 0.717) is 5.56 Å². The lowest BCUT2D eigenvalue weighted by Gasteiger charge is -2.11. The monoisotopic (exact) mass is 423 g/mol. The van der Waals surface area contributed by atoms with E-state index in [1.807, 2.05) is 25.1 Å². The first-order chi connectivity index (χ1) is 14.8. The summed E-state index contributed by atoms with van der Waals surface area (Å²) in [6, 6.07) is 10.9. The minimum Gasteiger partial charge on any atom is -0.501 e. The second-order valence-electron chi connectivity index (χ2n) is 6.97. The molecule has 0 fully saturated rings. The third-order valence-corrected chi connectivity index (χ3v) is 4.58. The summed E-state index contributed by atoms with van der Waals surface area (Å²) in [7, 11) is 0. The second-order valence-corrected chi connectivity index (χ2v) is 6.97. The second kappa shape index (κ2) is 9.75.